The van der Waals surface area contributed by atoms with E-state index in [9.17, 15) is 14.7 Å². The van der Waals surface area contributed by atoms with E-state index in [2.05, 4.69) is 6.08 Å². The third kappa shape index (κ3) is 2.73. The molecule has 31 heavy (non-hydrogen) atoms. The van der Waals surface area contributed by atoms with Crippen molar-refractivity contribution < 1.29 is 24.2 Å². The summed E-state index contributed by atoms with van der Waals surface area (Å²) >= 11 is 13.6. The van der Waals surface area contributed by atoms with Crippen molar-refractivity contribution in [2.75, 3.05) is 6.61 Å². The van der Waals surface area contributed by atoms with Crippen molar-refractivity contribution in [1.82, 2.24) is 0 Å². The molecule has 5 nitrogen and oxygen atoms in total. The molecule has 0 aromatic heterocycles. The zero-order chi connectivity index (χ0) is 22.3. The van der Waals surface area contributed by atoms with E-state index in [1.54, 1.807) is 19.9 Å². The number of Topliss-reactive ketones (excluding diaryl/α,β-unsaturated/α-hetero) is 2. The maximum Gasteiger partial charge on any atom is 0.198 e. The highest BCUT2D eigenvalue weighted by molar-refractivity contribution is 6.45. The van der Waals surface area contributed by atoms with Crippen molar-refractivity contribution in [2.45, 2.75) is 67.9 Å². The highest BCUT2D eigenvalue weighted by Gasteiger charge is 2.70. The number of halogens is 2. The van der Waals surface area contributed by atoms with Gasteiger partial charge in [-0.15, -0.1) is 23.2 Å². The summed E-state index contributed by atoms with van der Waals surface area (Å²) < 4.78 is 12.3. The highest BCUT2D eigenvalue weighted by atomic mass is 35.5. The van der Waals surface area contributed by atoms with Crippen LogP contribution in [0.3, 0.4) is 0 Å². The average Bonchev–Trinajstić information content (AvgIpc) is 2.73. The molecule has 164 valence electrons. The number of hydrogen-bond donors (Lipinski definition) is 1. The van der Waals surface area contributed by atoms with E-state index >= 15 is 0 Å². The molecule has 7 aliphatic rings. The van der Waals surface area contributed by atoms with Gasteiger partial charge in [0, 0.05) is 24.0 Å². The van der Waals surface area contributed by atoms with E-state index in [-0.39, 0.29) is 29.7 Å². The van der Waals surface area contributed by atoms with Crippen LogP contribution in [0.25, 0.3) is 0 Å². The number of carbonyl (C=O) groups excluding carboxylic acids is 2. The monoisotopic (exact) mass is 462 g/mol. The number of phenolic OH excluding ortho intramolecular Hbond substituents is 1. The van der Waals surface area contributed by atoms with Crippen LogP contribution in [0, 0.1) is 0 Å². The van der Waals surface area contributed by atoms with Crippen LogP contribution in [0.5, 0.6) is 11.5 Å². The second kappa shape index (κ2) is 6.60. The first kappa shape index (κ1) is 21.0. The van der Waals surface area contributed by atoms with Gasteiger partial charge in [-0.25, -0.2) is 0 Å². The van der Waals surface area contributed by atoms with E-state index in [4.69, 9.17) is 32.7 Å². The molecule has 0 saturated carbocycles. The molecule has 1 N–H and O–H groups in total. The summed E-state index contributed by atoms with van der Waals surface area (Å²) in [6.07, 6.45) is 5.30. The molecule has 3 unspecified atom stereocenters. The first-order valence-corrected chi connectivity index (χ1v) is 11.3. The number of hydrogen-bond acceptors (Lipinski definition) is 5. The third-order valence-corrected chi connectivity index (χ3v) is 8.43. The Hall–Kier alpha value is -1.82. The Bertz CT molecular complexity index is 1100. The predicted molar refractivity (Wildman–Crippen MR) is 118 cm³/mol. The van der Waals surface area contributed by atoms with Crippen LogP contribution < -0.4 is 4.74 Å². The van der Waals surface area contributed by atoms with Crippen molar-refractivity contribution in [1.29, 1.82) is 0 Å². The number of ketones is 2. The van der Waals surface area contributed by atoms with Gasteiger partial charge in [-0.2, -0.15) is 0 Å². The smallest absolute Gasteiger partial charge is 0.198 e. The lowest BCUT2D eigenvalue weighted by Crippen LogP contribution is -2.72. The molecule has 1 aromatic carbocycles. The molecule has 1 aromatic rings. The number of carbonyl (C=O) groups is 2. The number of rotatable bonds is 0. The van der Waals surface area contributed by atoms with Gasteiger partial charge in [-0.05, 0) is 45.3 Å². The van der Waals surface area contributed by atoms with Gasteiger partial charge in [0.2, 0.25) is 0 Å². The Morgan fingerprint density at radius 2 is 1.94 bits per heavy atom. The fourth-order valence-corrected chi connectivity index (χ4v) is 5.95. The van der Waals surface area contributed by atoms with Crippen LogP contribution in [0.15, 0.2) is 29.4 Å². The molecule has 3 heterocycles. The lowest BCUT2D eigenvalue weighted by atomic mass is 9.63. The largest absolute Gasteiger partial charge is 0.507 e. The standard InChI is InChI=1S/C24H24Cl2O5/c1-12-4-5-13-8-14-16(30-11-13)9-15-18(19(14)27)21(29)23(26)10-17(25)22(2,3)31-24(23,7-6-12)20(15)28/h5-6,9,17,27H,4,7-8,10-11H2,1-3H3. The van der Waals surface area contributed by atoms with Crippen LogP contribution in [0.4, 0.5) is 0 Å². The fourth-order valence-electron chi connectivity index (χ4n) is 5.15. The minimum Gasteiger partial charge on any atom is -0.507 e. The van der Waals surface area contributed by atoms with Crippen LogP contribution in [0.1, 0.15) is 66.3 Å². The molecule has 6 bridgehead atoms. The molecule has 1 spiro atoms. The first-order chi connectivity index (χ1) is 14.5. The molecular formula is C24H24Cl2O5. The lowest BCUT2D eigenvalue weighted by molar-refractivity contribution is -0.157. The summed E-state index contributed by atoms with van der Waals surface area (Å²) in [5.74, 6) is -0.755. The molecule has 7 heteroatoms. The van der Waals surface area contributed by atoms with Crippen molar-refractivity contribution in [3.05, 3.63) is 46.1 Å². The molecule has 0 radical (unpaired) electrons. The minimum absolute atomic E-state index is 0.0497. The zero-order valence-corrected chi connectivity index (χ0v) is 19.2. The Morgan fingerprint density at radius 1 is 1.19 bits per heavy atom. The minimum atomic E-state index is -1.72. The predicted octanol–water partition coefficient (Wildman–Crippen LogP) is 4.90. The second-order valence-electron chi connectivity index (χ2n) is 9.57. The molecule has 0 amide bonds. The van der Waals surface area contributed by atoms with E-state index in [1.807, 2.05) is 13.0 Å². The van der Waals surface area contributed by atoms with Crippen LogP contribution in [-0.2, 0) is 11.2 Å². The summed E-state index contributed by atoms with van der Waals surface area (Å²) in [6.45, 7) is 5.96. The molecular weight excluding hydrogens is 439 g/mol. The number of phenols is 1. The topological polar surface area (TPSA) is 72.8 Å². The van der Waals surface area contributed by atoms with Gasteiger partial charge in [-0.3, -0.25) is 9.59 Å². The van der Waals surface area contributed by atoms with Gasteiger partial charge in [0.15, 0.2) is 17.2 Å². The highest BCUT2D eigenvalue weighted by Crippen LogP contribution is 2.57. The second-order valence-corrected chi connectivity index (χ2v) is 10.7. The molecule has 3 atom stereocenters. The fraction of sp³-hybridized carbons (Fsp3) is 0.500. The van der Waals surface area contributed by atoms with Gasteiger partial charge < -0.3 is 14.6 Å². The van der Waals surface area contributed by atoms with Crippen molar-refractivity contribution in [2.24, 2.45) is 0 Å². The SMILES string of the molecule is CC1=CCC23OC(C)(C)C(Cl)CC2(Cl)C(=O)c2c(cc4c(c2O)CC(=CC1)CO4)C3=O. The molecule has 3 aliphatic heterocycles. The molecule has 1 fully saturated rings. The van der Waals surface area contributed by atoms with Crippen LogP contribution in [0.2, 0.25) is 0 Å². The molecule has 8 rings (SSSR count). The normalized spacial score (nSPS) is 33.6. The summed E-state index contributed by atoms with van der Waals surface area (Å²) in [5, 5.41) is 10.5. The number of alkyl halides is 2. The maximum absolute atomic E-state index is 14.1. The van der Waals surface area contributed by atoms with Crippen molar-refractivity contribution in [3.8, 4) is 11.5 Å². The number of aromatic hydroxyl groups is 1. The number of benzene rings is 1. The Kier molecular flexibility index (Phi) is 4.48. The van der Waals surface area contributed by atoms with Gasteiger partial charge in [0.05, 0.1) is 16.5 Å². The van der Waals surface area contributed by atoms with E-state index in [1.165, 1.54) is 0 Å². The Morgan fingerprint density at radius 3 is 2.68 bits per heavy atom. The average molecular weight is 463 g/mol. The Labute approximate surface area is 191 Å². The summed E-state index contributed by atoms with van der Waals surface area (Å²) in [6, 6.07) is 1.57. The van der Waals surface area contributed by atoms with Gasteiger partial charge >= 0.3 is 0 Å². The van der Waals surface area contributed by atoms with E-state index in [0.29, 0.717) is 30.8 Å². The number of fused-ring (bicyclic) bond motifs is 1. The number of allylic oxidation sites excluding steroid dienone is 2. The van der Waals surface area contributed by atoms with Gasteiger partial charge in [0.25, 0.3) is 0 Å². The third-order valence-electron chi connectivity index (χ3n) is 7.12. The van der Waals surface area contributed by atoms with Crippen molar-refractivity contribution in [3.63, 3.8) is 0 Å². The van der Waals surface area contributed by atoms with Crippen molar-refractivity contribution >= 4 is 34.8 Å². The zero-order valence-electron chi connectivity index (χ0n) is 17.7. The van der Waals surface area contributed by atoms with E-state index in [0.717, 1.165) is 11.1 Å². The molecule has 4 aliphatic carbocycles. The lowest BCUT2D eigenvalue weighted by Gasteiger charge is -2.56. The summed E-state index contributed by atoms with van der Waals surface area (Å²) in [4.78, 5) is 26.2. The maximum atomic E-state index is 14.1. The quantitative estimate of drug-likeness (QED) is 0.438. The summed E-state index contributed by atoms with van der Waals surface area (Å²) in [5.41, 5.74) is 0.0763. The van der Waals surface area contributed by atoms with Gasteiger partial charge in [-0.1, -0.05) is 17.7 Å². The molecule has 1 saturated heterocycles. The van der Waals surface area contributed by atoms with E-state index < -0.39 is 33.0 Å². The number of ether oxygens (including phenoxy) is 2. The summed E-state index contributed by atoms with van der Waals surface area (Å²) in [7, 11) is 0. The van der Waals surface area contributed by atoms with Crippen LogP contribution >= 0.6 is 23.2 Å². The first-order valence-electron chi connectivity index (χ1n) is 10.5. The van der Waals surface area contributed by atoms with Crippen LogP contribution in [-0.4, -0.2) is 44.7 Å². The van der Waals surface area contributed by atoms with Gasteiger partial charge in [0.1, 0.15) is 23.0 Å². The Balaban J connectivity index is 1.86.